The molecular formula is C16H15FN2OS. The average molecular weight is 302 g/mol. The summed E-state index contributed by atoms with van der Waals surface area (Å²) in [6.07, 6.45) is 0. The molecule has 0 saturated heterocycles. The predicted octanol–water partition coefficient (Wildman–Crippen LogP) is 2.51. The lowest BCUT2D eigenvalue weighted by Crippen LogP contribution is -2.35. The monoisotopic (exact) mass is 302 g/mol. The molecule has 0 heterocycles. The Morgan fingerprint density at radius 1 is 1.19 bits per heavy atom. The van der Waals surface area contributed by atoms with Crippen molar-refractivity contribution >= 4 is 23.1 Å². The fourth-order valence-corrected chi connectivity index (χ4v) is 2.27. The third kappa shape index (κ3) is 4.10. The van der Waals surface area contributed by atoms with Crippen molar-refractivity contribution in [2.45, 2.75) is 12.5 Å². The summed E-state index contributed by atoms with van der Waals surface area (Å²) in [5.74, 6) is -1.32. The van der Waals surface area contributed by atoms with Crippen molar-refractivity contribution in [1.29, 1.82) is 0 Å². The van der Waals surface area contributed by atoms with Gasteiger partial charge in [0.2, 0.25) is 5.91 Å². The second-order valence-electron chi connectivity index (χ2n) is 4.59. The van der Waals surface area contributed by atoms with Crippen LogP contribution in [-0.4, -0.2) is 10.9 Å². The fraction of sp³-hybridized carbons (Fsp3) is 0.125. The van der Waals surface area contributed by atoms with Gasteiger partial charge in [0, 0.05) is 6.54 Å². The number of carbonyl (C=O) groups is 1. The van der Waals surface area contributed by atoms with E-state index in [0.29, 0.717) is 5.56 Å². The van der Waals surface area contributed by atoms with E-state index >= 15 is 0 Å². The molecule has 0 bridgehead atoms. The van der Waals surface area contributed by atoms with Crippen LogP contribution in [0.1, 0.15) is 17.0 Å². The zero-order valence-corrected chi connectivity index (χ0v) is 12.1. The highest BCUT2D eigenvalue weighted by Gasteiger charge is 2.22. The highest BCUT2D eigenvalue weighted by atomic mass is 32.1. The summed E-state index contributed by atoms with van der Waals surface area (Å²) in [5.41, 5.74) is 7.09. The number of carbonyl (C=O) groups excluding carboxylic acids is 1. The van der Waals surface area contributed by atoms with Gasteiger partial charge in [0.1, 0.15) is 11.7 Å². The molecule has 0 aliphatic rings. The number of amides is 1. The van der Waals surface area contributed by atoms with Gasteiger partial charge in [-0.25, -0.2) is 4.39 Å². The van der Waals surface area contributed by atoms with E-state index in [-0.39, 0.29) is 23.3 Å². The number of nitrogens with two attached hydrogens (primary N) is 1. The van der Waals surface area contributed by atoms with Gasteiger partial charge in [-0.15, -0.1) is 0 Å². The van der Waals surface area contributed by atoms with Gasteiger partial charge in [-0.05, 0) is 23.3 Å². The molecule has 3 nitrogen and oxygen atoms in total. The zero-order valence-electron chi connectivity index (χ0n) is 11.3. The van der Waals surface area contributed by atoms with Crippen LogP contribution < -0.4 is 11.1 Å². The van der Waals surface area contributed by atoms with E-state index in [1.807, 2.05) is 18.2 Å². The van der Waals surface area contributed by atoms with Crippen LogP contribution >= 0.6 is 12.2 Å². The van der Waals surface area contributed by atoms with Gasteiger partial charge in [-0.2, -0.15) is 0 Å². The number of rotatable bonds is 5. The van der Waals surface area contributed by atoms with Gasteiger partial charge in [-0.1, -0.05) is 54.7 Å². The first-order valence-electron chi connectivity index (χ1n) is 6.44. The third-order valence-corrected chi connectivity index (χ3v) is 3.27. The molecule has 0 saturated carbocycles. The first-order chi connectivity index (χ1) is 10.1. The van der Waals surface area contributed by atoms with Crippen LogP contribution in [0.4, 0.5) is 4.39 Å². The number of halogens is 1. The van der Waals surface area contributed by atoms with E-state index in [4.69, 9.17) is 18.0 Å². The maximum atomic E-state index is 13.1. The van der Waals surface area contributed by atoms with Gasteiger partial charge in [0.15, 0.2) is 0 Å². The minimum absolute atomic E-state index is 0.109. The molecular weight excluding hydrogens is 287 g/mol. The molecule has 2 aromatic carbocycles. The quantitative estimate of drug-likeness (QED) is 0.835. The standard InChI is InChI=1S/C16H15FN2OS/c17-13-8-4-5-11(9-13)10-19-16(20)14(15(18)21)12-6-2-1-3-7-12/h1-9,14H,10H2,(H2,18,21)(H,19,20). The lowest BCUT2D eigenvalue weighted by molar-refractivity contribution is -0.121. The minimum atomic E-state index is -0.685. The Kier molecular flexibility index (Phi) is 5.00. The van der Waals surface area contributed by atoms with Crippen molar-refractivity contribution in [2.24, 2.45) is 5.73 Å². The third-order valence-electron chi connectivity index (χ3n) is 3.04. The van der Waals surface area contributed by atoms with Crippen LogP contribution in [0.5, 0.6) is 0 Å². The van der Waals surface area contributed by atoms with E-state index in [1.54, 1.807) is 24.3 Å². The summed E-state index contributed by atoms with van der Waals surface area (Å²) in [7, 11) is 0. The van der Waals surface area contributed by atoms with Gasteiger partial charge in [0.05, 0.1) is 4.99 Å². The smallest absolute Gasteiger partial charge is 0.234 e. The zero-order chi connectivity index (χ0) is 15.2. The van der Waals surface area contributed by atoms with Crippen LogP contribution in [0.25, 0.3) is 0 Å². The normalized spacial score (nSPS) is 11.7. The molecule has 0 aromatic heterocycles. The molecule has 0 radical (unpaired) electrons. The van der Waals surface area contributed by atoms with Gasteiger partial charge in [-0.3, -0.25) is 4.79 Å². The number of hydrogen-bond acceptors (Lipinski definition) is 2. The summed E-state index contributed by atoms with van der Waals surface area (Å²) in [6, 6.07) is 15.1. The predicted molar refractivity (Wildman–Crippen MR) is 84.2 cm³/mol. The van der Waals surface area contributed by atoms with E-state index in [9.17, 15) is 9.18 Å². The highest BCUT2D eigenvalue weighted by Crippen LogP contribution is 2.16. The largest absolute Gasteiger partial charge is 0.392 e. The van der Waals surface area contributed by atoms with Crippen LogP contribution in [0.3, 0.4) is 0 Å². The second kappa shape index (κ2) is 6.95. The average Bonchev–Trinajstić information content (AvgIpc) is 2.46. The summed E-state index contributed by atoms with van der Waals surface area (Å²) >= 11 is 4.98. The molecule has 21 heavy (non-hydrogen) atoms. The summed E-state index contributed by atoms with van der Waals surface area (Å²) in [6.45, 7) is 0.225. The Labute approximate surface area is 128 Å². The Morgan fingerprint density at radius 2 is 1.90 bits per heavy atom. The molecule has 0 spiro atoms. The Morgan fingerprint density at radius 3 is 2.52 bits per heavy atom. The number of thiocarbonyl (C=S) groups is 1. The molecule has 2 rings (SSSR count). The maximum absolute atomic E-state index is 13.1. The molecule has 0 fully saturated rings. The number of nitrogens with one attached hydrogen (secondary N) is 1. The maximum Gasteiger partial charge on any atom is 0.234 e. The van der Waals surface area contributed by atoms with Crippen molar-refractivity contribution in [2.75, 3.05) is 0 Å². The summed E-state index contributed by atoms with van der Waals surface area (Å²) in [4.78, 5) is 12.4. The SMILES string of the molecule is NC(=S)C(C(=O)NCc1cccc(F)c1)c1ccccc1. The number of hydrogen-bond donors (Lipinski definition) is 2. The number of benzene rings is 2. The molecule has 1 atom stereocenters. The van der Waals surface area contributed by atoms with Crippen molar-refractivity contribution in [3.05, 3.63) is 71.5 Å². The van der Waals surface area contributed by atoms with E-state index in [1.165, 1.54) is 12.1 Å². The van der Waals surface area contributed by atoms with Gasteiger partial charge in [0.25, 0.3) is 0 Å². The fourth-order valence-electron chi connectivity index (χ4n) is 2.03. The van der Waals surface area contributed by atoms with E-state index < -0.39 is 5.92 Å². The Hall–Kier alpha value is -2.27. The first kappa shape index (κ1) is 15.1. The molecule has 0 aliphatic carbocycles. The van der Waals surface area contributed by atoms with E-state index in [2.05, 4.69) is 5.32 Å². The van der Waals surface area contributed by atoms with Crippen LogP contribution in [0.2, 0.25) is 0 Å². The van der Waals surface area contributed by atoms with E-state index in [0.717, 1.165) is 5.56 Å². The molecule has 1 unspecified atom stereocenters. The van der Waals surface area contributed by atoms with Gasteiger partial charge >= 0.3 is 0 Å². The Bertz CT molecular complexity index is 646. The van der Waals surface area contributed by atoms with Crippen LogP contribution in [-0.2, 0) is 11.3 Å². The Balaban J connectivity index is 2.08. The van der Waals surface area contributed by atoms with Gasteiger partial charge < -0.3 is 11.1 Å². The lowest BCUT2D eigenvalue weighted by atomic mass is 9.98. The van der Waals surface area contributed by atoms with Crippen molar-refractivity contribution in [3.63, 3.8) is 0 Å². The topological polar surface area (TPSA) is 55.1 Å². The van der Waals surface area contributed by atoms with Crippen LogP contribution in [0, 0.1) is 5.82 Å². The molecule has 0 aliphatic heterocycles. The van der Waals surface area contributed by atoms with Crippen molar-refractivity contribution < 1.29 is 9.18 Å². The van der Waals surface area contributed by atoms with Crippen molar-refractivity contribution in [3.8, 4) is 0 Å². The summed E-state index contributed by atoms with van der Waals surface area (Å²) < 4.78 is 13.1. The highest BCUT2D eigenvalue weighted by molar-refractivity contribution is 7.80. The van der Waals surface area contributed by atoms with Crippen molar-refractivity contribution in [1.82, 2.24) is 5.32 Å². The molecule has 1 amide bonds. The van der Waals surface area contributed by atoms with Crippen LogP contribution in [0.15, 0.2) is 54.6 Å². The molecule has 3 N–H and O–H groups in total. The molecule has 5 heteroatoms. The summed E-state index contributed by atoms with van der Waals surface area (Å²) in [5, 5.41) is 2.73. The minimum Gasteiger partial charge on any atom is -0.392 e. The molecule has 108 valence electrons. The molecule has 2 aromatic rings. The first-order valence-corrected chi connectivity index (χ1v) is 6.85. The second-order valence-corrected chi connectivity index (χ2v) is 5.07. The lowest BCUT2D eigenvalue weighted by Gasteiger charge is -2.16.